The Morgan fingerprint density at radius 3 is 2.35 bits per heavy atom. The van der Waals surface area contributed by atoms with Crippen molar-refractivity contribution >= 4 is 11.7 Å². The van der Waals surface area contributed by atoms with Crippen LogP contribution < -0.4 is 14.2 Å². The molecule has 0 atom stereocenters. The Hall–Kier alpha value is -3.42. The number of methoxy groups -OCH3 is 1. The monoisotopic (exact) mass is 429 g/mol. The number of carbonyl (C=O) groups excluding carboxylic acids is 1. The lowest BCUT2D eigenvalue weighted by atomic mass is 10.2. The number of unbranched alkanes of at least 4 members (excludes halogenated alkanes) is 2. The van der Waals surface area contributed by atoms with Gasteiger partial charge in [0.25, 0.3) is 0 Å². The van der Waals surface area contributed by atoms with Gasteiger partial charge in [-0.2, -0.15) is 0 Å². The number of rotatable bonds is 14. The molecule has 2 aromatic carbocycles. The molecule has 0 fully saturated rings. The van der Waals surface area contributed by atoms with Crippen LogP contribution in [0, 0.1) is 0 Å². The van der Waals surface area contributed by atoms with Gasteiger partial charge in [0.05, 0.1) is 25.9 Å². The van der Waals surface area contributed by atoms with Gasteiger partial charge in [0.2, 0.25) is 0 Å². The zero-order valence-electron chi connectivity index (χ0n) is 17.8. The summed E-state index contributed by atoms with van der Waals surface area (Å²) in [5, 5.41) is 3.55. The molecule has 0 saturated carbocycles. The van der Waals surface area contributed by atoms with E-state index in [1.54, 1.807) is 36.4 Å². The van der Waals surface area contributed by atoms with Crippen molar-refractivity contribution in [2.45, 2.75) is 26.2 Å². The number of esters is 1. The average Bonchev–Trinajstić information content (AvgIpc) is 2.78. The standard InChI is InChI=1S/C22H27N3O6/c1-3-28-16-31-21-13-17(22(26)27-2)12-20(15-21)30-11-6-4-5-10-29-19-9-7-8-18(14-19)24-25-23/h7-9,12-15H,3-6,10-11,16H2,1-2H3. The Morgan fingerprint density at radius 2 is 1.68 bits per heavy atom. The Labute approximate surface area is 181 Å². The van der Waals surface area contributed by atoms with Crippen LogP contribution in [-0.2, 0) is 9.47 Å². The second-order valence-corrected chi connectivity index (χ2v) is 6.38. The van der Waals surface area contributed by atoms with Gasteiger partial charge in [0.1, 0.15) is 17.2 Å². The molecule has 0 aromatic heterocycles. The minimum absolute atomic E-state index is 0.0896. The van der Waals surface area contributed by atoms with Crippen LogP contribution in [0.5, 0.6) is 17.2 Å². The van der Waals surface area contributed by atoms with Gasteiger partial charge < -0.3 is 23.7 Å². The van der Waals surface area contributed by atoms with Gasteiger partial charge in [-0.05, 0) is 56.0 Å². The molecule has 0 N–H and O–H groups in total. The average molecular weight is 429 g/mol. The van der Waals surface area contributed by atoms with Crippen LogP contribution in [-0.4, -0.2) is 39.7 Å². The van der Waals surface area contributed by atoms with Crippen molar-refractivity contribution in [3.05, 3.63) is 58.5 Å². The fourth-order valence-electron chi connectivity index (χ4n) is 2.62. The zero-order valence-corrected chi connectivity index (χ0v) is 17.8. The molecule has 9 heteroatoms. The van der Waals surface area contributed by atoms with Crippen molar-refractivity contribution in [2.24, 2.45) is 5.11 Å². The molecule has 0 aliphatic rings. The third-order valence-electron chi connectivity index (χ3n) is 4.12. The number of ether oxygens (including phenoxy) is 5. The first-order valence-electron chi connectivity index (χ1n) is 10.0. The van der Waals surface area contributed by atoms with Gasteiger partial charge in [-0.25, -0.2) is 4.79 Å². The molecule has 9 nitrogen and oxygen atoms in total. The van der Waals surface area contributed by atoms with Gasteiger partial charge in [0, 0.05) is 23.3 Å². The maximum absolute atomic E-state index is 11.9. The molecular weight excluding hydrogens is 402 g/mol. The third-order valence-corrected chi connectivity index (χ3v) is 4.12. The Kier molecular flexibility index (Phi) is 10.6. The van der Waals surface area contributed by atoms with E-state index >= 15 is 0 Å². The second-order valence-electron chi connectivity index (χ2n) is 6.38. The van der Waals surface area contributed by atoms with Crippen LogP contribution in [0.15, 0.2) is 47.6 Å². The van der Waals surface area contributed by atoms with Crippen molar-refractivity contribution in [1.29, 1.82) is 0 Å². The maximum atomic E-state index is 11.9. The minimum atomic E-state index is -0.464. The van der Waals surface area contributed by atoms with E-state index in [1.165, 1.54) is 7.11 Å². The van der Waals surface area contributed by atoms with E-state index in [0.717, 1.165) is 19.3 Å². The number of nitrogens with zero attached hydrogens (tertiary/aromatic N) is 3. The lowest BCUT2D eigenvalue weighted by molar-refractivity contribution is 0.0221. The Morgan fingerprint density at radius 1 is 0.968 bits per heavy atom. The molecule has 2 rings (SSSR count). The molecule has 0 amide bonds. The molecule has 0 saturated heterocycles. The van der Waals surface area contributed by atoms with E-state index in [1.807, 2.05) is 13.0 Å². The largest absolute Gasteiger partial charge is 0.494 e. The fourth-order valence-corrected chi connectivity index (χ4v) is 2.62. The van der Waals surface area contributed by atoms with E-state index in [0.29, 0.717) is 48.3 Å². The molecule has 2 aromatic rings. The number of azide groups is 1. The van der Waals surface area contributed by atoms with Crippen molar-refractivity contribution in [3.8, 4) is 17.2 Å². The number of carbonyl (C=O) groups is 1. The normalized spacial score (nSPS) is 10.1. The van der Waals surface area contributed by atoms with Crippen molar-refractivity contribution in [3.63, 3.8) is 0 Å². The van der Waals surface area contributed by atoms with Crippen LogP contribution in [0.2, 0.25) is 0 Å². The molecular formula is C22H27N3O6. The highest BCUT2D eigenvalue weighted by Crippen LogP contribution is 2.24. The fraction of sp³-hybridized carbons (Fsp3) is 0.409. The molecule has 0 bridgehead atoms. The first kappa shape index (κ1) is 23.9. The number of hydrogen-bond acceptors (Lipinski definition) is 7. The smallest absolute Gasteiger partial charge is 0.338 e. The molecule has 31 heavy (non-hydrogen) atoms. The summed E-state index contributed by atoms with van der Waals surface area (Å²) in [6.07, 6.45) is 2.57. The van der Waals surface area contributed by atoms with E-state index in [2.05, 4.69) is 10.0 Å². The highest BCUT2D eigenvalue weighted by molar-refractivity contribution is 5.90. The summed E-state index contributed by atoms with van der Waals surface area (Å²) in [7, 11) is 1.33. The van der Waals surface area contributed by atoms with E-state index in [4.69, 9.17) is 29.2 Å². The highest BCUT2D eigenvalue weighted by Gasteiger charge is 2.11. The first-order valence-corrected chi connectivity index (χ1v) is 10.0. The molecule has 0 radical (unpaired) electrons. The predicted octanol–water partition coefficient (Wildman–Crippen LogP) is 5.42. The Bertz CT molecular complexity index is 883. The number of hydrogen-bond donors (Lipinski definition) is 0. The summed E-state index contributed by atoms with van der Waals surface area (Å²) in [5.41, 5.74) is 9.35. The summed E-state index contributed by atoms with van der Waals surface area (Å²) >= 11 is 0. The summed E-state index contributed by atoms with van der Waals surface area (Å²) in [6, 6.07) is 11.9. The quantitative estimate of drug-likeness (QED) is 0.0990. The summed E-state index contributed by atoms with van der Waals surface area (Å²) in [5.74, 6) is 1.21. The zero-order chi connectivity index (χ0) is 22.3. The van der Waals surface area contributed by atoms with E-state index in [9.17, 15) is 4.79 Å². The van der Waals surface area contributed by atoms with E-state index in [-0.39, 0.29) is 6.79 Å². The van der Waals surface area contributed by atoms with Crippen LogP contribution in [0.1, 0.15) is 36.5 Å². The molecule has 0 unspecified atom stereocenters. The van der Waals surface area contributed by atoms with Crippen molar-refractivity contribution < 1.29 is 28.5 Å². The first-order chi connectivity index (χ1) is 15.2. The predicted molar refractivity (Wildman–Crippen MR) is 115 cm³/mol. The van der Waals surface area contributed by atoms with Gasteiger partial charge in [-0.15, -0.1) is 0 Å². The molecule has 0 aliphatic heterocycles. The molecule has 0 aliphatic carbocycles. The lowest BCUT2D eigenvalue weighted by Gasteiger charge is -2.12. The number of benzene rings is 2. The van der Waals surface area contributed by atoms with Crippen LogP contribution in [0.3, 0.4) is 0 Å². The van der Waals surface area contributed by atoms with Crippen molar-refractivity contribution in [1.82, 2.24) is 0 Å². The molecule has 0 spiro atoms. The van der Waals surface area contributed by atoms with Gasteiger partial charge in [-0.1, -0.05) is 17.2 Å². The second kappa shape index (κ2) is 13.7. The molecule has 166 valence electrons. The van der Waals surface area contributed by atoms with Gasteiger partial charge >= 0.3 is 5.97 Å². The minimum Gasteiger partial charge on any atom is -0.494 e. The van der Waals surface area contributed by atoms with Gasteiger partial charge in [-0.3, -0.25) is 0 Å². The van der Waals surface area contributed by atoms with Crippen molar-refractivity contribution in [2.75, 3.05) is 33.7 Å². The van der Waals surface area contributed by atoms with Gasteiger partial charge in [0.15, 0.2) is 6.79 Å². The molecule has 0 heterocycles. The van der Waals surface area contributed by atoms with Crippen LogP contribution in [0.25, 0.3) is 10.4 Å². The van der Waals surface area contributed by atoms with Crippen LogP contribution in [0.4, 0.5) is 5.69 Å². The topological polar surface area (TPSA) is 112 Å². The summed E-state index contributed by atoms with van der Waals surface area (Å²) < 4.78 is 26.9. The Balaban J connectivity index is 1.75. The van der Waals surface area contributed by atoms with Crippen LogP contribution >= 0.6 is 0 Å². The SMILES string of the molecule is CCOCOc1cc(OCCCCCOc2cccc(N=[N+]=[N-])c2)cc(C(=O)OC)c1. The lowest BCUT2D eigenvalue weighted by Crippen LogP contribution is -2.06. The highest BCUT2D eigenvalue weighted by atomic mass is 16.7. The summed E-state index contributed by atoms with van der Waals surface area (Å²) in [4.78, 5) is 14.6. The maximum Gasteiger partial charge on any atom is 0.338 e. The van der Waals surface area contributed by atoms with E-state index < -0.39 is 5.97 Å². The summed E-state index contributed by atoms with van der Waals surface area (Å²) in [6.45, 7) is 3.53. The third kappa shape index (κ3) is 8.86.